The highest BCUT2D eigenvalue weighted by molar-refractivity contribution is 5.32. The predicted octanol–water partition coefficient (Wildman–Crippen LogP) is 2.62. The van der Waals surface area contributed by atoms with Gasteiger partial charge in [-0.25, -0.2) is 0 Å². The van der Waals surface area contributed by atoms with E-state index in [-0.39, 0.29) is 0 Å². The molecule has 0 spiro atoms. The third kappa shape index (κ3) is 3.64. The van der Waals surface area contributed by atoms with E-state index >= 15 is 0 Å². The second-order valence-electron chi connectivity index (χ2n) is 3.75. The average Bonchev–Trinajstić information content (AvgIpc) is 2.34. The van der Waals surface area contributed by atoms with Gasteiger partial charge in [0, 0.05) is 6.42 Å². The van der Waals surface area contributed by atoms with E-state index < -0.39 is 24.6 Å². The lowest BCUT2D eigenvalue weighted by Crippen LogP contribution is -2.30. The van der Waals surface area contributed by atoms with Crippen LogP contribution in [0.3, 0.4) is 0 Å². The van der Waals surface area contributed by atoms with Crippen LogP contribution in [0.25, 0.3) is 0 Å². The third-order valence-corrected chi connectivity index (χ3v) is 2.51. The first-order valence-electron chi connectivity index (χ1n) is 5.17. The number of benzene rings is 1. The topological polar surface area (TPSA) is 53.2 Å². The molecule has 18 heavy (non-hydrogen) atoms. The summed E-state index contributed by atoms with van der Waals surface area (Å²) in [5, 5.41) is 17.8. The Balaban J connectivity index is 2.81. The fraction of sp³-hybridized carbons (Fsp3) is 0.417. The first kappa shape index (κ1) is 14.3. The minimum atomic E-state index is -4.71. The number of aliphatic hydroxyl groups is 1. The molecule has 0 aliphatic rings. The van der Waals surface area contributed by atoms with Crippen molar-refractivity contribution in [3.63, 3.8) is 0 Å². The lowest BCUT2D eigenvalue weighted by atomic mass is 9.94. The molecule has 0 aliphatic carbocycles. The van der Waals surface area contributed by atoms with Gasteiger partial charge in [-0.3, -0.25) is 0 Å². The van der Waals surface area contributed by atoms with Gasteiger partial charge in [0.1, 0.15) is 5.75 Å². The number of hydrogen-bond donors (Lipinski definition) is 1. The number of aliphatic hydroxyl groups excluding tert-OH is 1. The summed E-state index contributed by atoms with van der Waals surface area (Å²) >= 11 is 0. The van der Waals surface area contributed by atoms with Crippen molar-refractivity contribution in [3.8, 4) is 11.8 Å². The summed E-state index contributed by atoms with van der Waals surface area (Å²) < 4.78 is 41.5. The molecular formula is C12H12F3NO2. The second kappa shape index (κ2) is 5.74. The average molecular weight is 259 g/mol. The highest BCUT2D eigenvalue weighted by Gasteiger charge is 2.39. The molecule has 0 saturated carbocycles. The van der Waals surface area contributed by atoms with Crippen molar-refractivity contribution in [2.24, 2.45) is 0 Å². The van der Waals surface area contributed by atoms with Crippen molar-refractivity contribution in [2.75, 3.05) is 7.11 Å². The van der Waals surface area contributed by atoms with Gasteiger partial charge in [0.2, 0.25) is 0 Å². The molecule has 0 radical (unpaired) electrons. The van der Waals surface area contributed by atoms with Gasteiger partial charge in [-0.05, 0) is 17.7 Å². The maximum Gasteiger partial charge on any atom is 0.414 e. The van der Waals surface area contributed by atoms with Gasteiger partial charge in [-0.2, -0.15) is 18.4 Å². The normalized spacial score (nSPS) is 14.7. The molecule has 1 N–H and O–H groups in total. The maximum atomic E-state index is 12.2. The van der Waals surface area contributed by atoms with Crippen molar-refractivity contribution in [1.82, 2.24) is 0 Å². The molecule has 0 unspecified atom stereocenters. The molecule has 1 rings (SSSR count). The largest absolute Gasteiger partial charge is 0.497 e. The number of hydrogen-bond acceptors (Lipinski definition) is 3. The van der Waals surface area contributed by atoms with Crippen LogP contribution in [-0.4, -0.2) is 24.5 Å². The molecule has 0 heterocycles. The fourth-order valence-electron chi connectivity index (χ4n) is 1.46. The van der Waals surface area contributed by atoms with Crippen LogP contribution in [0.15, 0.2) is 24.3 Å². The van der Waals surface area contributed by atoms with E-state index in [9.17, 15) is 13.2 Å². The highest BCUT2D eigenvalue weighted by atomic mass is 19.4. The van der Waals surface area contributed by atoms with Crippen molar-refractivity contribution in [2.45, 2.75) is 24.6 Å². The minimum Gasteiger partial charge on any atom is -0.497 e. The van der Waals surface area contributed by atoms with Crippen LogP contribution in [0.4, 0.5) is 13.2 Å². The summed E-state index contributed by atoms with van der Waals surface area (Å²) in [6.07, 6.45) is -7.88. The molecule has 0 bridgehead atoms. The summed E-state index contributed by atoms with van der Waals surface area (Å²) in [5.74, 6) is -0.459. The molecule has 2 atom stereocenters. The van der Waals surface area contributed by atoms with Gasteiger partial charge in [0.25, 0.3) is 0 Å². The predicted molar refractivity (Wildman–Crippen MR) is 58.0 cm³/mol. The van der Waals surface area contributed by atoms with Crippen LogP contribution in [0, 0.1) is 11.3 Å². The Morgan fingerprint density at radius 1 is 1.33 bits per heavy atom. The SMILES string of the molecule is COc1ccc([C@H](C#N)C[C@H](O)C(F)(F)F)cc1. The number of nitriles is 1. The Morgan fingerprint density at radius 3 is 2.28 bits per heavy atom. The molecule has 0 amide bonds. The van der Waals surface area contributed by atoms with Gasteiger partial charge in [-0.15, -0.1) is 0 Å². The van der Waals surface area contributed by atoms with Crippen LogP contribution in [0.2, 0.25) is 0 Å². The van der Waals surface area contributed by atoms with E-state index in [0.717, 1.165) is 0 Å². The van der Waals surface area contributed by atoms with E-state index in [1.165, 1.54) is 19.2 Å². The lowest BCUT2D eigenvalue weighted by molar-refractivity contribution is -0.205. The van der Waals surface area contributed by atoms with Crippen LogP contribution >= 0.6 is 0 Å². The Bertz CT molecular complexity index is 422. The minimum absolute atomic E-state index is 0.418. The smallest absolute Gasteiger partial charge is 0.414 e. The summed E-state index contributed by atoms with van der Waals surface area (Å²) in [6.45, 7) is 0. The molecule has 0 fully saturated rings. The van der Waals surface area contributed by atoms with Gasteiger partial charge < -0.3 is 9.84 Å². The highest BCUT2D eigenvalue weighted by Crippen LogP contribution is 2.29. The number of methoxy groups -OCH3 is 1. The van der Waals surface area contributed by atoms with E-state index in [0.29, 0.717) is 11.3 Å². The second-order valence-corrected chi connectivity index (χ2v) is 3.75. The van der Waals surface area contributed by atoms with Gasteiger partial charge in [0.05, 0.1) is 19.1 Å². The van der Waals surface area contributed by atoms with Crippen LogP contribution < -0.4 is 4.74 Å². The van der Waals surface area contributed by atoms with Crippen LogP contribution in [0.1, 0.15) is 17.9 Å². The summed E-state index contributed by atoms with van der Waals surface area (Å²) in [7, 11) is 1.46. The molecule has 3 nitrogen and oxygen atoms in total. The molecule has 1 aromatic carbocycles. The number of nitrogens with zero attached hydrogens (tertiary/aromatic N) is 1. The van der Waals surface area contributed by atoms with Gasteiger partial charge in [-0.1, -0.05) is 12.1 Å². The van der Waals surface area contributed by atoms with E-state index in [1.54, 1.807) is 18.2 Å². The van der Waals surface area contributed by atoms with Crippen molar-refractivity contribution < 1.29 is 23.0 Å². The Kier molecular flexibility index (Phi) is 4.56. The van der Waals surface area contributed by atoms with E-state index in [1.807, 2.05) is 0 Å². The van der Waals surface area contributed by atoms with Crippen molar-refractivity contribution in [1.29, 1.82) is 5.26 Å². The van der Waals surface area contributed by atoms with Gasteiger partial charge in [0.15, 0.2) is 6.10 Å². The Hall–Kier alpha value is -1.74. The monoisotopic (exact) mass is 259 g/mol. The Morgan fingerprint density at radius 2 is 1.89 bits per heavy atom. The number of ether oxygens (including phenoxy) is 1. The number of rotatable bonds is 4. The fourth-order valence-corrected chi connectivity index (χ4v) is 1.46. The van der Waals surface area contributed by atoms with Crippen LogP contribution in [-0.2, 0) is 0 Å². The lowest BCUT2D eigenvalue weighted by Gasteiger charge is -2.17. The van der Waals surface area contributed by atoms with Gasteiger partial charge >= 0.3 is 6.18 Å². The molecule has 98 valence electrons. The number of halogens is 3. The van der Waals surface area contributed by atoms with Crippen molar-refractivity contribution in [3.05, 3.63) is 29.8 Å². The molecule has 0 aliphatic heterocycles. The maximum absolute atomic E-state index is 12.2. The van der Waals surface area contributed by atoms with Crippen molar-refractivity contribution >= 4 is 0 Å². The molecule has 0 aromatic heterocycles. The zero-order valence-electron chi connectivity index (χ0n) is 9.61. The summed E-state index contributed by atoms with van der Waals surface area (Å²) in [4.78, 5) is 0. The zero-order chi connectivity index (χ0) is 13.8. The molecule has 0 saturated heterocycles. The summed E-state index contributed by atoms with van der Waals surface area (Å²) in [5.41, 5.74) is 0.418. The van der Waals surface area contributed by atoms with Crippen LogP contribution in [0.5, 0.6) is 5.75 Å². The quantitative estimate of drug-likeness (QED) is 0.904. The first-order chi connectivity index (χ1) is 8.38. The molecule has 1 aromatic rings. The number of alkyl halides is 3. The molecular weight excluding hydrogens is 247 g/mol. The molecule has 6 heteroatoms. The van der Waals surface area contributed by atoms with E-state index in [2.05, 4.69) is 0 Å². The summed E-state index contributed by atoms with van der Waals surface area (Å²) in [6, 6.07) is 7.89. The Labute approximate surface area is 102 Å². The first-order valence-corrected chi connectivity index (χ1v) is 5.17. The van der Waals surface area contributed by atoms with E-state index in [4.69, 9.17) is 15.1 Å². The zero-order valence-corrected chi connectivity index (χ0v) is 9.61. The third-order valence-electron chi connectivity index (χ3n) is 2.51. The standard InChI is InChI=1S/C12H12F3NO2/c1-18-10-4-2-8(3-5-10)9(7-16)6-11(17)12(13,14)15/h2-5,9,11,17H,6H2,1H3/t9-,11-/m0/s1.